The van der Waals surface area contributed by atoms with E-state index in [1.54, 1.807) is 18.2 Å². The fraction of sp³-hybridized carbons (Fsp3) is 0.267. The summed E-state index contributed by atoms with van der Waals surface area (Å²) >= 11 is 0. The standard InChI is InChI=1S/C25H20O6.C20H20O4/c1-15-7-12-20(31-24(27)17-10-8-16(9-11-17)23(26)28-2)21-22(15)30-14-25(21)13-29-19-6-4-3-5-18(19)25;1-3-14-4-6-18-16(8-14)20(11-23-18)12-24-19-7-5-15(9-17(19)20)10-22-13(2)21/h3-12H,13-14H2,1-2H3;4-9H,3,10-12H2,1-2H3. The zero-order valence-electron chi connectivity index (χ0n) is 31.1. The summed E-state index contributed by atoms with van der Waals surface area (Å²) in [4.78, 5) is 35.6. The molecule has 2 spiro atoms. The number of methoxy groups -OCH3 is 1. The monoisotopic (exact) mass is 740 g/mol. The van der Waals surface area contributed by atoms with Crippen molar-refractivity contribution in [3.63, 3.8) is 0 Å². The molecule has 0 bridgehead atoms. The second-order valence-electron chi connectivity index (χ2n) is 14.2. The van der Waals surface area contributed by atoms with E-state index in [2.05, 4.69) is 31.2 Å². The van der Waals surface area contributed by atoms with Crippen LogP contribution in [0.5, 0.6) is 28.7 Å². The molecular weight excluding hydrogens is 700 g/mol. The van der Waals surface area contributed by atoms with Crippen LogP contribution in [0, 0.1) is 6.92 Å². The van der Waals surface area contributed by atoms with Crippen molar-refractivity contribution in [1.82, 2.24) is 0 Å². The van der Waals surface area contributed by atoms with Gasteiger partial charge in [0.05, 0.1) is 34.6 Å². The lowest BCUT2D eigenvalue weighted by Gasteiger charge is -2.23. The Kier molecular flexibility index (Phi) is 9.20. The molecular formula is C45H40O10. The molecule has 10 nitrogen and oxygen atoms in total. The summed E-state index contributed by atoms with van der Waals surface area (Å²) in [6.45, 7) is 7.83. The minimum absolute atomic E-state index is 0.262. The average molecular weight is 741 g/mol. The van der Waals surface area contributed by atoms with E-state index in [0.29, 0.717) is 43.3 Å². The molecule has 0 N–H and O–H groups in total. The van der Waals surface area contributed by atoms with E-state index >= 15 is 0 Å². The van der Waals surface area contributed by atoms with Crippen molar-refractivity contribution in [3.8, 4) is 28.7 Å². The van der Waals surface area contributed by atoms with Crippen molar-refractivity contribution in [2.75, 3.05) is 33.5 Å². The van der Waals surface area contributed by atoms with E-state index in [4.69, 9.17) is 33.2 Å². The Morgan fingerprint density at radius 2 is 1.24 bits per heavy atom. The van der Waals surface area contributed by atoms with E-state index in [0.717, 1.165) is 57.2 Å². The molecule has 4 aliphatic heterocycles. The lowest BCUT2D eigenvalue weighted by Crippen LogP contribution is -2.32. The average Bonchev–Trinajstić information content (AvgIpc) is 4.00. The van der Waals surface area contributed by atoms with Gasteiger partial charge >= 0.3 is 17.9 Å². The third-order valence-electron chi connectivity index (χ3n) is 10.8. The molecule has 9 rings (SSSR count). The number of carbonyl (C=O) groups is 3. The van der Waals surface area contributed by atoms with Gasteiger partial charge < -0.3 is 33.2 Å². The predicted molar refractivity (Wildman–Crippen MR) is 202 cm³/mol. The van der Waals surface area contributed by atoms with Crippen LogP contribution in [0.15, 0.2) is 97.1 Å². The molecule has 55 heavy (non-hydrogen) atoms. The maximum Gasteiger partial charge on any atom is 0.343 e. The number of hydrogen-bond donors (Lipinski definition) is 0. The minimum Gasteiger partial charge on any atom is -0.492 e. The highest BCUT2D eigenvalue weighted by Crippen LogP contribution is 2.55. The first-order valence-electron chi connectivity index (χ1n) is 18.2. The van der Waals surface area contributed by atoms with Gasteiger partial charge in [-0.2, -0.15) is 0 Å². The molecule has 2 unspecified atom stereocenters. The van der Waals surface area contributed by atoms with Crippen LogP contribution < -0.4 is 23.7 Å². The molecule has 5 aromatic carbocycles. The molecule has 280 valence electrons. The number of benzene rings is 5. The smallest absolute Gasteiger partial charge is 0.343 e. The summed E-state index contributed by atoms with van der Waals surface area (Å²) in [5.74, 6) is 2.56. The highest BCUT2D eigenvalue weighted by atomic mass is 16.5. The number of para-hydroxylation sites is 1. The molecule has 0 saturated carbocycles. The van der Waals surface area contributed by atoms with Gasteiger partial charge in [-0.15, -0.1) is 0 Å². The van der Waals surface area contributed by atoms with Crippen LogP contribution in [0.4, 0.5) is 0 Å². The topological polar surface area (TPSA) is 116 Å². The highest BCUT2D eigenvalue weighted by molar-refractivity contribution is 5.94. The lowest BCUT2D eigenvalue weighted by atomic mass is 9.77. The summed E-state index contributed by atoms with van der Waals surface area (Å²) in [6, 6.07) is 30.1. The summed E-state index contributed by atoms with van der Waals surface area (Å²) in [5.41, 5.74) is 7.32. The van der Waals surface area contributed by atoms with E-state index in [-0.39, 0.29) is 18.0 Å². The molecule has 0 amide bonds. The van der Waals surface area contributed by atoms with E-state index < -0.39 is 17.4 Å². The molecule has 0 radical (unpaired) electrons. The molecule has 4 heterocycles. The number of esters is 3. The van der Waals surface area contributed by atoms with Crippen molar-refractivity contribution in [1.29, 1.82) is 0 Å². The van der Waals surface area contributed by atoms with Crippen LogP contribution in [-0.2, 0) is 38.1 Å². The molecule has 4 aliphatic rings. The Labute approximate surface area is 318 Å². The summed E-state index contributed by atoms with van der Waals surface area (Å²) < 4.78 is 39.6. The first kappa shape index (κ1) is 35.7. The van der Waals surface area contributed by atoms with Gasteiger partial charge in [-0.25, -0.2) is 9.59 Å². The Morgan fingerprint density at radius 1 is 0.655 bits per heavy atom. The van der Waals surface area contributed by atoms with E-state index in [9.17, 15) is 14.4 Å². The first-order valence-corrected chi connectivity index (χ1v) is 18.2. The van der Waals surface area contributed by atoms with Gasteiger partial charge in [0, 0.05) is 23.6 Å². The molecule has 0 saturated heterocycles. The zero-order chi connectivity index (χ0) is 38.3. The van der Waals surface area contributed by atoms with Crippen molar-refractivity contribution >= 4 is 17.9 Å². The van der Waals surface area contributed by atoms with Crippen LogP contribution >= 0.6 is 0 Å². The third kappa shape index (κ3) is 6.21. The second-order valence-corrected chi connectivity index (χ2v) is 14.2. The highest BCUT2D eigenvalue weighted by Gasteiger charge is 2.51. The van der Waals surface area contributed by atoms with Crippen molar-refractivity contribution in [2.45, 2.75) is 44.6 Å². The van der Waals surface area contributed by atoms with Crippen LogP contribution in [-0.4, -0.2) is 51.4 Å². The van der Waals surface area contributed by atoms with Crippen molar-refractivity contribution in [2.24, 2.45) is 0 Å². The minimum atomic E-state index is -0.525. The van der Waals surface area contributed by atoms with Crippen LogP contribution in [0.3, 0.4) is 0 Å². The number of aryl methyl sites for hydroxylation is 2. The summed E-state index contributed by atoms with van der Waals surface area (Å²) in [5, 5.41) is 0. The van der Waals surface area contributed by atoms with Crippen LogP contribution in [0.1, 0.15) is 73.5 Å². The summed E-state index contributed by atoms with van der Waals surface area (Å²) in [7, 11) is 1.31. The van der Waals surface area contributed by atoms with Gasteiger partial charge in [-0.3, -0.25) is 4.79 Å². The van der Waals surface area contributed by atoms with Crippen LogP contribution in [0.2, 0.25) is 0 Å². The van der Waals surface area contributed by atoms with Crippen molar-refractivity contribution in [3.05, 3.63) is 147 Å². The Balaban J connectivity index is 0.000000160. The SMILES string of the molecule is CCc1ccc2c(c1)C1(CO2)COc2ccc(COC(C)=O)cc21.COC(=O)c1ccc(C(=O)Oc2ccc(C)c3c2C2(COc4ccccc42)CO3)cc1. The van der Waals surface area contributed by atoms with Gasteiger partial charge in [0.2, 0.25) is 0 Å². The number of rotatable bonds is 6. The quantitative estimate of drug-likeness (QED) is 0.128. The number of hydrogen-bond acceptors (Lipinski definition) is 10. The fourth-order valence-electron chi connectivity index (χ4n) is 7.82. The number of fused-ring (bicyclic) bond motifs is 8. The Hall–Kier alpha value is -6.29. The molecule has 10 heteroatoms. The largest absolute Gasteiger partial charge is 0.492 e. The zero-order valence-corrected chi connectivity index (χ0v) is 31.1. The second kappa shape index (κ2) is 14.2. The summed E-state index contributed by atoms with van der Waals surface area (Å²) in [6.07, 6.45) is 0.990. The van der Waals surface area contributed by atoms with E-state index in [1.807, 2.05) is 49.4 Å². The molecule has 5 aromatic rings. The predicted octanol–water partition coefficient (Wildman–Crippen LogP) is 7.45. The van der Waals surface area contributed by atoms with Gasteiger partial charge in [-0.1, -0.05) is 49.4 Å². The third-order valence-corrected chi connectivity index (χ3v) is 10.8. The van der Waals surface area contributed by atoms with Gasteiger partial charge in [0.15, 0.2) is 0 Å². The Morgan fingerprint density at radius 3 is 1.89 bits per heavy atom. The molecule has 0 fully saturated rings. The van der Waals surface area contributed by atoms with Gasteiger partial charge in [0.25, 0.3) is 0 Å². The van der Waals surface area contributed by atoms with Gasteiger partial charge in [-0.05, 0) is 84.6 Å². The lowest BCUT2D eigenvalue weighted by molar-refractivity contribution is -0.142. The van der Waals surface area contributed by atoms with E-state index in [1.165, 1.54) is 37.3 Å². The molecule has 0 aromatic heterocycles. The maximum atomic E-state index is 12.9. The number of ether oxygens (including phenoxy) is 7. The first-order chi connectivity index (χ1) is 26.7. The molecule has 0 aliphatic carbocycles. The van der Waals surface area contributed by atoms with Crippen LogP contribution in [0.25, 0.3) is 0 Å². The van der Waals surface area contributed by atoms with Crippen molar-refractivity contribution < 1.29 is 47.5 Å². The Bertz CT molecular complexity index is 2330. The fourth-order valence-corrected chi connectivity index (χ4v) is 7.82. The maximum absolute atomic E-state index is 12.9. The van der Waals surface area contributed by atoms with Gasteiger partial charge in [0.1, 0.15) is 61.8 Å². The molecule has 2 atom stereocenters. The normalized spacial score (nSPS) is 19.0. The number of carbonyl (C=O) groups excluding carboxylic acids is 3.